The summed E-state index contributed by atoms with van der Waals surface area (Å²) in [5.74, 6) is -0.0707. The van der Waals surface area contributed by atoms with Crippen molar-refractivity contribution in [1.29, 1.82) is 0 Å². The van der Waals surface area contributed by atoms with Crippen LogP contribution in [0.5, 0.6) is 11.5 Å². The quantitative estimate of drug-likeness (QED) is 0.415. The molecule has 0 aliphatic heterocycles. The van der Waals surface area contributed by atoms with Gasteiger partial charge >= 0.3 is 0 Å². The molecule has 2 amide bonds. The third kappa shape index (κ3) is 5.61. The van der Waals surface area contributed by atoms with Crippen molar-refractivity contribution >= 4 is 35.3 Å². The van der Waals surface area contributed by atoms with Crippen LogP contribution in [0.25, 0.3) is 0 Å². The molecule has 3 rings (SSSR count). The molecule has 0 unspecified atom stereocenters. The average Bonchev–Trinajstić information content (AvgIpc) is 2.79. The molecule has 1 aromatic heterocycles. The van der Waals surface area contributed by atoms with E-state index < -0.39 is 11.8 Å². The third-order valence-electron chi connectivity index (χ3n) is 4.39. The van der Waals surface area contributed by atoms with E-state index in [1.54, 1.807) is 36.4 Å². The summed E-state index contributed by atoms with van der Waals surface area (Å²) in [5, 5.41) is 6.99. The second-order valence-corrected chi connectivity index (χ2v) is 7.05. The van der Waals surface area contributed by atoms with Crippen molar-refractivity contribution in [2.75, 3.05) is 19.5 Å². The zero-order valence-corrected chi connectivity index (χ0v) is 18.4. The van der Waals surface area contributed by atoms with Gasteiger partial charge < -0.3 is 14.8 Å². The molecular weight excluding hydrogens is 432 g/mol. The number of methoxy groups -OCH3 is 2. The van der Waals surface area contributed by atoms with E-state index in [-0.39, 0.29) is 11.3 Å². The Labute approximate surface area is 190 Å². The number of carbonyl (C=O) groups is 2. The summed E-state index contributed by atoms with van der Waals surface area (Å²) in [4.78, 5) is 29.7. The number of hydrogen-bond acceptors (Lipinski definition) is 6. The van der Waals surface area contributed by atoms with Gasteiger partial charge in [0.05, 0.1) is 37.4 Å². The van der Waals surface area contributed by atoms with Gasteiger partial charge in [0.2, 0.25) is 0 Å². The van der Waals surface area contributed by atoms with E-state index in [0.29, 0.717) is 27.8 Å². The summed E-state index contributed by atoms with van der Waals surface area (Å²) >= 11 is 6.06. The van der Waals surface area contributed by atoms with E-state index >= 15 is 0 Å². The number of aryl methyl sites for hydroxylation is 1. The van der Waals surface area contributed by atoms with Crippen LogP contribution in [-0.4, -0.2) is 37.2 Å². The molecule has 164 valence electrons. The first-order valence-electron chi connectivity index (χ1n) is 9.51. The predicted octanol–water partition coefficient (Wildman–Crippen LogP) is 4.08. The monoisotopic (exact) mass is 452 g/mol. The van der Waals surface area contributed by atoms with Crippen LogP contribution in [0.2, 0.25) is 5.02 Å². The molecule has 8 nitrogen and oxygen atoms in total. The zero-order chi connectivity index (χ0) is 23.1. The highest BCUT2D eigenvalue weighted by Gasteiger charge is 2.16. The Morgan fingerprint density at radius 1 is 1.00 bits per heavy atom. The van der Waals surface area contributed by atoms with Gasteiger partial charge in [-0.1, -0.05) is 17.7 Å². The first-order valence-corrected chi connectivity index (χ1v) is 9.89. The van der Waals surface area contributed by atoms with Gasteiger partial charge in [-0.2, -0.15) is 5.10 Å². The molecule has 0 aliphatic carbocycles. The highest BCUT2D eigenvalue weighted by Crippen LogP contribution is 2.28. The molecule has 0 fully saturated rings. The minimum Gasteiger partial charge on any atom is -0.493 e. The fourth-order valence-electron chi connectivity index (χ4n) is 2.84. The normalized spacial score (nSPS) is 10.6. The molecule has 0 saturated carbocycles. The van der Waals surface area contributed by atoms with Crippen LogP contribution in [0, 0.1) is 6.92 Å². The van der Waals surface area contributed by atoms with Gasteiger partial charge in [0.15, 0.2) is 11.5 Å². The molecule has 0 saturated heterocycles. The number of carbonyl (C=O) groups excluding carboxylic acids is 2. The second-order valence-electron chi connectivity index (χ2n) is 6.62. The lowest BCUT2D eigenvalue weighted by Gasteiger charge is -2.12. The van der Waals surface area contributed by atoms with Crippen molar-refractivity contribution < 1.29 is 19.1 Å². The molecule has 2 N–H and O–H groups in total. The Morgan fingerprint density at radius 3 is 2.50 bits per heavy atom. The number of anilines is 1. The Bertz CT molecular complexity index is 1180. The first kappa shape index (κ1) is 22.8. The summed E-state index contributed by atoms with van der Waals surface area (Å²) in [6.07, 6.45) is 1.43. The van der Waals surface area contributed by atoms with Crippen molar-refractivity contribution in [3.63, 3.8) is 0 Å². The molecule has 0 bridgehead atoms. The molecular formula is C23H21ClN4O4. The Kier molecular flexibility index (Phi) is 7.41. The minimum absolute atomic E-state index is 0.153. The number of hydrogen-bond donors (Lipinski definition) is 2. The van der Waals surface area contributed by atoms with Crippen LogP contribution in [0.15, 0.2) is 59.7 Å². The Hall–Kier alpha value is -3.91. The molecule has 0 atom stereocenters. The average molecular weight is 453 g/mol. The molecule has 0 radical (unpaired) electrons. The number of benzene rings is 2. The molecule has 9 heteroatoms. The van der Waals surface area contributed by atoms with Gasteiger partial charge in [0.1, 0.15) is 0 Å². The molecule has 0 aliphatic rings. The van der Waals surface area contributed by atoms with Crippen molar-refractivity contribution in [3.8, 4) is 11.5 Å². The number of ether oxygens (including phenoxy) is 2. The molecule has 1 heterocycles. The van der Waals surface area contributed by atoms with Crippen molar-refractivity contribution in [1.82, 2.24) is 10.4 Å². The minimum atomic E-state index is -0.543. The number of pyridine rings is 1. The molecule has 2 aromatic carbocycles. The van der Waals surface area contributed by atoms with Crippen molar-refractivity contribution in [3.05, 3.63) is 82.1 Å². The van der Waals surface area contributed by atoms with Crippen LogP contribution in [0.1, 0.15) is 32.1 Å². The van der Waals surface area contributed by atoms with E-state index in [0.717, 1.165) is 5.69 Å². The van der Waals surface area contributed by atoms with E-state index in [1.807, 2.05) is 19.1 Å². The Morgan fingerprint density at radius 2 is 1.78 bits per heavy atom. The third-order valence-corrected chi connectivity index (χ3v) is 4.63. The van der Waals surface area contributed by atoms with Crippen LogP contribution in [-0.2, 0) is 0 Å². The zero-order valence-electron chi connectivity index (χ0n) is 17.7. The molecule has 0 spiro atoms. The first-order chi connectivity index (χ1) is 15.4. The topological polar surface area (TPSA) is 102 Å². The SMILES string of the molecule is COc1ccc(C(=O)Nc2ccc(Cl)cc2C(=O)NN=Cc2cccc(C)n2)cc1OC. The summed E-state index contributed by atoms with van der Waals surface area (Å²) < 4.78 is 10.4. The van der Waals surface area contributed by atoms with Gasteiger partial charge in [-0.05, 0) is 55.5 Å². The number of nitrogens with zero attached hydrogens (tertiary/aromatic N) is 2. The van der Waals surface area contributed by atoms with E-state index in [4.69, 9.17) is 21.1 Å². The van der Waals surface area contributed by atoms with Gasteiger partial charge in [-0.3, -0.25) is 14.6 Å². The second kappa shape index (κ2) is 10.4. The number of hydrazone groups is 1. The molecule has 3 aromatic rings. The molecule has 32 heavy (non-hydrogen) atoms. The van der Waals surface area contributed by atoms with E-state index in [9.17, 15) is 9.59 Å². The van der Waals surface area contributed by atoms with Gasteiger partial charge in [-0.25, -0.2) is 5.43 Å². The number of rotatable bonds is 7. The Balaban J connectivity index is 1.78. The maximum Gasteiger partial charge on any atom is 0.273 e. The highest BCUT2D eigenvalue weighted by molar-refractivity contribution is 6.31. The number of nitrogens with one attached hydrogen (secondary N) is 2. The number of halogens is 1. The van der Waals surface area contributed by atoms with Gasteiger partial charge in [0, 0.05) is 16.3 Å². The van der Waals surface area contributed by atoms with Gasteiger partial charge in [-0.15, -0.1) is 0 Å². The van der Waals surface area contributed by atoms with Crippen LogP contribution in [0.3, 0.4) is 0 Å². The largest absolute Gasteiger partial charge is 0.493 e. The smallest absolute Gasteiger partial charge is 0.273 e. The number of aromatic nitrogens is 1. The highest BCUT2D eigenvalue weighted by atomic mass is 35.5. The van der Waals surface area contributed by atoms with E-state index in [1.165, 1.54) is 26.5 Å². The van der Waals surface area contributed by atoms with E-state index in [2.05, 4.69) is 20.8 Å². The summed E-state index contributed by atoms with van der Waals surface area (Å²) in [6.45, 7) is 1.86. The fraction of sp³-hybridized carbons (Fsp3) is 0.130. The lowest BCUT2D eigenvalue weighted by Crippen LogP contribution is -2.21. The maximum atomic E-state index is 12.8. The summed E-state index contributed by atoms with van der Waals surface area (Å²) in [6, 6.07) is 14.8. The van der Waals surface area contributed by atoms with Gasteiger partial charge in [0.25, 0.3) is 11.8 Å². The fourth-order valence-corrected chi connectivity index (χ4v) is 3.01. The van der Waals surface area contributed by atoms with Crippen LogP contribution in [0.4, 0.5) is 5.69 Å². The summed E-state index contributed by atoms with van der Waals surface area (Å²) in [7, 11) is 2.99. The maximum absolute atomic E-state index is 12.8. The number of amides is 2. The van der Waals surface area contributed by atoms with Crippen LogP contribution < -0.4 is 20.2 Å². The van der Waals surface area contributed by atoms with Crippen molar-refractivity contribution in [2.45, 2.75) is 6.92 Å². The standard InChI is InChI=1S/C23H21ClN4O4/c1-14-5-4-6-17(26-14)13-25-28-23(30)18-12-16(24)8-9-19(18)27-22(29)15-7-10-20(31-2)21(11-15)32-3/h4-13H,1-3H3,(H,27,29)(H,28,30). The predicted molar refractivity (Wildman–Crippen MR) is 123 cm³/mol. The summed E-state index contributed by atoms with van der Waals surface area (Å²) in [5.41, 5.74) is 4.60. The lowest BCUT2D eigenvalue weighted by molar-refractivity contribution is 0.0956. The van der Waals surface area contributed by atoms with Crippen molar-refractivity contribution in [2.24, 2.45) is 5.10 Å². The lowest BCUT2D eigenvalue weighted by atomic mass is 10.1. The van der Waals surface area contributed by atoms with Crippen LogP contribution >= 0.6 is 11.6 Å².